The Hall–Kier alpha value is -2.49. The van der Waals surface area contributed by atoms with E-state index in [1.165, 1.54) is 18.8 Å². The maximum absolute atomic E-state index is 12.2. The quantitative estimate of drug-likeness (QED) is 0.708. The van der Waals surface area contributed by atoms with E-state index in [1.807, 2.05) is 16.7 Å². The van der Waals surface area contributed by atoms with Crippen LogP contribution in [0.25, 0.3) is 0 Å². The molecule has 0 aliphatic carbocycles. The highest BCUT2D eigenvalue weighted by molar-refractivity contribution is 8.00. The van der Waals surface area contributed by atoms with Crippen molar-refractivity contribution in [3.8, 4) is 0 Å². The average molecular weight is 407 g/mol. The van der Waals surface area contributed by atoms with Gasteiger partial charge in [-0.15, -0.1) is 10.2 Å². The van der Waals surface area contributed by atoms with E-state index in [-0.39, 0.29) is 5.91 Å². The fraction of sp³-hybridized carbons (Fsp3) is 0.556. The summed E-state index contributed by atoms with van der Waals surface area (Å²) in [4.78, 5) is 25.8. The highest BCUT2D eigenvalue weighted by Gasteiger charge is 2.26. The average Bonchev–Trinajstić information content (AvgIpc) is 3.33. The molecule has 3 amide bonds. The second-order valence-corrected chi connectivity index (χ2v) is 8.25. The lowest BCUT2D eigenvalue weighted by molar-refractivity contribution is -0.119. The number of rotatable bonds is 6. The minimum atomic E-state index is -0.530. The molecule has 152 valence electrons. The van der Waals surface area contributed by atoms with Gasteiger partial charge in [0, 0.05) is 20.1 Å². The van der Waals surface area contributed by atoms with E-state index >= 15 is 0 Å². The van der Waals surface area contributed by atoms with Crippen molar-refractivity contribution < 1.29 is 14.0 Å². The molecule has 2 aromatic heterocycles. The largest absolute Gasteiger partial charge is 0.467 e. The van der Waals surface area contributed by atoms with Crippen LogP contribution in [-0.4, -0.2) is 52.1 Å². The van der Waals surface area contributed by atoms with Gasteiger partial charge in [0.25, 0.3) is 0 Å². The molecule has 0 spiro atoms. The van der Waals surface area contributed by atoms with E-state index in [1.54, 1.807) is 13.2 Å². The monoisotopic (exact) mass is 406 g/mol. The molecule has 28 heavy (non-hydrogen) atoms. The molecule has 2 N–H and O–H groups in total. The van der Waals surface area contributed by atoms with Crippen molar-refractivity contribution in [1.29, 1.82) is 0 Å². The Morgan fingerprint density at radius 1 is 1.36 bits per heavy atom. The summed E-state index contributed by atoms with van der Waals surface area (Å²) in [6, 6.07) is 3.21. The summed E-state index contributed by atoms with van der Waals surface area (Å²) >= 11 is 1.27. The van der Waals surface area contributed by atoms with Crippen molar-refractivity contribution in [3.63, 3.8) is 0 Å². The molecular formula is C18H26N6O3S. The van der Waals surface area contributed by atoms with E-state index in [9.17, 15) is 9.59 Å². The van der Waals surface area contributed by atoms with Gasteiger partial charge in [-0.05, 0) is 37.8 Å². The smallest absolute Gasteiger partial charge is 0.321 e. The first-order valence-electron chi connectivity index (χ1n) is 9.37. The van der Waals surface area contributed by atoms with Crippen molar-refractivity contribution in [2.75, 3.05) is 25.0 Å². The maximum Gasteiger partial charge on any atom is 0.321 e. The van der Waals surface area contributed by atoms with Gasteiger partial charge in [-0.3, -0.25) is 14.7 Å². The molecule has 1 saturated heterocycles. The minimum absolute atomic E-state index is 0.384. The summed E-state index contributed by atoms with van der Waals surface area (Å²) in [5, 5.41) is 13.5. The van der Waals surface area contributed by atoms with Gasteiger partial charge in [-0.25, -0.2) is 4.79 Å². The molecule has 2 aromatic rings. The van der Waals surface area contributed by atoms with Crippen molar-refractivity contribution in [2.24, 2.45) is 5.92 Å². The molecule has 3 rings (SSSR count). The number of amides is 3. The van der Waals surface area contributed by atoms with E-state index in [4.69, 9.17) is 4.42 Å². The number of imide groups is 1. The fourth-order valence-corrected chi connectivity index (χ4v) is 3.84. The molecular weight excluding hydrogens is 380 g/mol. The number of urea groups is 1. The lowest BCUT2D eigenvalue weighted by atomic mass is 10.00. The van der Waals surface area contributed by atoms with Crippen LogP contribution in [0.1, 0.15) is 32.4 Å². The Labute approximate surface area is 168 Å². The number of aromatic nitrogens is 3. The summed E-state index contributed by atoms with van der Waals surface area (Å²) in [5.74, 6) is 1.89. The number of anilines is 1. The summed E-state index contributed by atoms with van der Waals surface area (Å²) in [6.07, 6.45) is 3.86. The maximum atomic E-state index is 12.2. The highest BCUT2D eigenvalue weighted by atomic mass is 32.2. The van der Waals surface area contributed by atoms with Crippen LogP contribution in [0.2, 0.25) is 0 Å². The van der Waals surface area contributed by atoms with Gasteiger partial charge < -0.3 is 14.6 Å². The minimum Gasteiger partial charge on any atom is -0.467 e. The molecule has 1 atom stereocenters. The molecule has 1 fully saturated rings. The van der Waals surface area contributed by atoms with Gasteiger partial charge in [0.05, 0.1) is 18.1 Å². The molecule has 1 aliphatic heterocycles. The zero-order valence-electron chi connectivity index (χ0n) is 16.3. The van der Waals surface area contributed by atoms with Crippen LogP contribution in [0.4, 0.5) is 10.7 Å². The normalized spacial score (nSPS) is 16.0. The van der Waals surface area contributed by atoms with Gasteiger partial charge in [-0.1, -0.05) is 18.7 Å². The Balaban J connectivity index is 1.79. The van der Waals surface area contributed by atoms with Gasteiger partial charge in [0.2, 0.25) is 11.9 Å². The summed E-state index contributed by atoms with van der Waals surface area (Å²) < 4.78 is 7.48. The number of furan rings is 1. The number of nitrogens with zero attached hydrogens (tertiary/aromatic N) is 4. The van der Waals surface area contributed by atoms with E-state index < -0.39 is 11.3 Å². The Morgan fingerprint density at radius 2 is 2.11 bits per heavy atom. The number of carbonyl (C=O) groups is 2. The second kappa shape index (κ2) is 9.13. The zero-order valence-corrected chi connectivity index (χ0v) is 17.2. The van der Waals surface area contributed by atoms with Crippen LogP contribution < -0.4 is 15.5 Å². The lowest BCUT2D eigenvalue weighted by Crippen LogP contribution is -2.41. The molecule has 0 radical (unpaired) electrons. The molecule has 1 aliphatic rings. The number of carbonyl (C=O) groups excluding carboxylic acids is 2. The SMILES string of the molecule is CNC(=O)NC(=O)[C@H](C)Sc1nnc(N2CCC(C)CC2)n1Cc1ccco1. The van der Waals surface area contributed by atoms with E-state index in [0.29, 0.717) is 17.6 Å². The third-order valence-corrected chi connectivity index (χ3v) is 5.85. The molecule has 3 heterocycles. The molecule has 0 bridgehead atoms. The third kappa shape index (κ3) is 4.86. The standard InChI is InChI=1S/C18H26N6O3S/c1-12-6-8-23(9-7-12)17-21-22-18(24(17)11-14-5-4-10-27-14)28-13(2)15(25)20-16(26)19-3/h4-5,10,12-13H,6-9,11H2,1-3H3,(H2,19,20,25,26)/t13-/m0/s1. The van der Waals surface area contributed by atoms with Gasteiger partial charge in [0.15, 0.2) is 5.16 Å². The second-order valence-electron chi connectivity index (χ2n) is 6.95. The zero-order chi connectivity index (χ0) is 20.1. The lowest BCUT2D eigenvalue weighted by Gasteiger charge is -2.31. The first-order valence-corrected chi connectivity index (χ1v) is 10.3. The van der Waals surface area contributed by atoms with Crippen LogP contribution in [-0.2, 0) is 11.3 Å². The molecule has 10 heteroatoms. The van der Waals surface area contributed by atoms with Crippen LogP contribution in [0.3, 0.4) is 0 Å². The number of piperidine rings is 1. The number of hydrogen-bond acceptors (Lipinski definition) is 7. The fourth-order valence-electron chi connectivity index (χ4n) is 3.00. The first-order chi connectivity index (χ1) is 13.5. The predicted octanol–water partition coefficient (Wildman–Crippen LogP) is 2.09. The van der Waals surface area contributed by atoms with Gasteiger partial charge in [0.1, 0.15) is 5.76 Å². The molecule has 0 aromatic carbocycles. The van der Waals surface area contributed by atoms with Crippen molar-refractivity contribution in [1.82, 2.24) is 25.4 Å². The van der Waals surface area contributed by atoms with Crippen molar-refractivity contribution >= 4 is 29.6 Å². The number of nitrogens with one attached hydrogen (secondary N) is 2. The van der Waals surface area contributed by atoms with Gasteiger partial charge in [-0.2, -0.15) is 0 Å². The van der Waals surface area contributed by atoms with Gasteiger partial charge >= 0.3 is 6.03 Å². The first kappa shape index (κ1) is 20.2. The van der Waals surface area contributed by atoms with Crippen LogP contribution >= 0.6 is 11.8 Å². The van der Waals surface area contributed by atoms with E-state index in [2.05, 4.69) is 32.7 Å². The molecule has 0 saturated carbocycles. The van der Waals surface area contributed by atoms with Crippen LogP contribution in [0, 0.1) is 5.92 Å². The Kier molecular flexibility index (Phi) is 6.61. The summed E-state index contributed by atoms with van der Waals surface area (Å²) in [6.45, 7) is 6.33. The molecule has 0 unspecified atom stereocenters. The molecule has 9 nitrogen and oxygen atoms in total. The van der Waals surface area contributed by atoms with Crippen LogP contribution in [0.5, 0.6) is 0 Å². The highest BCUT2D eigenvalue weighted by Crippen LogP contribution is 2.29. The van der Waals surface area contributed by atoms with E-state index in [0.717, 1.165) is 37.6 Å². The summed E-state index contributed by atoms with van der Waals surface area (Å²) in [5.41, 5.74) is 0. The number of thioether (sulfide) groups is 1. The predicted molar refractivity (Wildman–Crippen MR) is 106 cm³/mol. The number of hydrogen-bond donors (Lipinski definition) is 2. The third-order valence-electron chi connectivity index (χ3n) is 4.77. The van der Waals surface area contributed by atoms with Crippen LogP contribution in [0.15, 0.2) is 28.0 Å². The Morgan fingerprint density at radius 3 is 2.75 bits per heavy atom. The Bertz CT molecular complexity index is 798. The summed E-state index contributed by atoms with van der Waals surface area (Å²) in [7, 11) is 1.46. The topological polar surface area (TPSA) is 105 Å². The van der Waals surface area contributed by atoms with Crippen molar-refractivity contribution in [2.45, 2.75) is 43.6 Å². The van der Waals surface area contributed by atoms with Crippen molar-refractivity contribution in [3.05, 3.63) is 24.2 Å².